The van der Waals surface area contributed by atoms with Crippen molar-refractivity contribution >= 4 is 21.4 Å². The van der Waals surface area contributed by atoms with Gasteiger partial charge in [-0.15, -0.1) is 0 Å². The summed E-state index contributed by atoms with van der Waals surface area (Å²) in [6.07, 6.45) is -2.09. The van der Waals surface area contributed by atoms with E-state index in [1.807, 2.05) is 34.5 Å². The third kappa shape index (κ3) is 6.48. The Morgan fingerprint density at radius 3 is 2.25 bits per heavy atom. The summed E-state index contributed by atoms with van der Waals surface area (Å²) in [7, 11) is -3.03. The van der Waals surface area contributed by atoms with E-state index in [0.29, 0.717) is 54.9 Å². The van der Waals surface area contributed by atoms with Gasteiger partial charge in [-0.1, -0.05) is 25.0 Å². The molecule has 2 atom stereocenters. The Hall–Kier alpha value is -3.41. The second-order valence-electron chi connectivity index (χ2n) is 10.3. The van der Waals surface area contributed by atoms with Gasteiger partial charge in [0.25, 0.3) is 0 Å². The smallest absolute Gasteiger partial charge is 0.405 e. The van der Waals surface area contributed by atoms with Crippen molar-refractivity contribution in [2.45, 2.75) is 37.8 Å². The third-order valence-electron chi connectivity index (χ3n) is 7.50. The number of anilines is 1. The maximum absolute atomic E-state index is 13.6. The Balaban J connectivity index is 1.49. The summed E-state index contributed by atoms with van der Waals surface area (Å²) >= 11 is 0. The molecular weight excluding hydrogens is 550 g/mol. The van der Waals surface area contributed by atoms with Gasteiger partial charge in [0.2, 0.25) is 11.8 Å². The minimum absolute atomic E-state index is 0.0860. The number of carbonyl (C=O) groups excluding carboxylic acids is 1. The van der Waals surface area contributed by atoms with Crippen molar-refractivity contribution < 1.29 is 35.2 Å². The molecule has 7 nitrogen and oxygen atoms in total. The van der Waals surface area contributed by atoms with Crippen LogP contribution >= 0.6 is 0 Å². The summed E-state index contributed by atoms with van der Waals surface area (Å²) < 4.78 is 81.8. The molecule has 2 fully saturated rings. The molecule has 1 saturated carbocycles. The monoisotopic (exact) mass is 579 g/mol. The number of halogens is 4. The van der Waals surface area contributed by atoms with Crippen LogP contribution in [0.5, 0.6) is 0 Å². The van der Waals surface area contributed by atoms with E-state index < -0.39 is 46.1 Å². The Bertz CT molecular complexity index is 1440. The zero-order chi connectivity index (χ0) is 28.5. The number of alkyl halides is 3. The average Bonchev–Trinajstić information content (AvgIpc) is 3.37. The predicted octanol–water partition coefficient (Wildman–Crippen LogP) is 5.33. The molecule has 1 aliphatic heterocycles. The summed E-state index contributed by atoms with van der Waals surface area (Å²) in [4.78, 5) is 19.6. The van der Waals surface area contributed by atoms with Crippen molar-refractivity contribution in [2.24, 2.45) is 5.92 Å². The van der Waals surface area contributed by atoms with Crippen molar-refractivity contribution in [2.75, 3.05) is 36.0 Å². The van der Waals surface area contributed by atoms with Gasteiger partial charge in [0.1, 0.15) is 23.8 Å². The van der Waals surface area contributed by atoms with Crippen LogP contribution in [0.4, 0.5) is 23.2 Å². The molecule has 1 aliphatic carbocycles. The van der Waals surface area contributed by atoms with Crippen LogP contribution in [0.15, 0.2) is 52.9 Å². The molecule has 3 aromatic rings. The highest BCUT2D eigenvalue weighted by Gasteiger charge is 2.38. The highest BCUT2D eigenvalue weighted by molar-refractivity contribution is 7.91. The molecule has 1 N–H and O–H groups in total. The van der Waals surface area contributed by atoms with E-state index in [1.54, 1.807) is 0 Å². The van der Waals surface area contributed by atoms with Gasteiger partial charge in [-0.2, -0.15) is 13.2 Å². The number of aromatic nitrogens is 1. The number of sulfone groups is 1. The molecule has 214 valence electrons. The van der Waals surface area contributed by atoms with E-state index in [0.717, 1.165) is 12.1 Å². The lowest BCUT2D eigenvalue weighted by Crippen LogP contribution is -2.40. The first kappa shape index (κ1) is 28.1. The van der Waals surface area contributed by atoms with Gasteiger partial charge in [0, 0.05) is 41.7 Å². The number of nitrogens with one attached hydrogen (secondary N) is 1. The van der Waals surface area contributed by atoms with Crippen LogP contribution in [0.1, 0.15) is 37.4 Å². The van der Waals surface area contributed by atoms with Crippen molar-refractivity contribution in [1.29, 1.82) is 0 Å². The number of carbonyl (C=O) groups is 1. The molecule has 1 aromatic heterocycles. The molecule has 2 heterocycles. The van der Waals surface area contributed by atoms with Gasteiger partial charge < -0.3 is 14.6 Å². The van der Waals surface area contributed by atoms with Gasteiger partial charge in [-0.25, -0.2) is 17.8 Å². The maximum Gasteiger partial charge on any atom is 0.405 e. The fourth-order valence-electron chi connectivity index (χ4n) is 5.38. The number of nitrogens with zero attached hydrogens (tertiary/aromatic N) is 2. The molecule has 2 aromatic carbocycles. The number of benzene rings is 2. The van der Waals surface area contributed by atoms with Crippen molar-refractivity contribution in [3.8, 4) is 22.7 Å². The maximum atomic E-state index is 13.6. The summed E-state index contributed by atoms with van der Waals surface area (Å²) in [6, 6.07) is 13.0. The Morgan fingerprint density at radius 1 is 0.975 bits per heavy atom. The first-order valence-corrected chi connectivity index (χ1v) is 15.0. The molecule has 0 unspecified atom stereocenters. The van der Waals surface area contributed by atoms with Gasteiger partial charge >= 0.3 is 6.18 Å². The second kappa shape index (κ2) is 11.2. The topological polar surface area (TPSA) is 92.5 Å². The van der Waals surface area contributed by atoms with Gasteiger partial charge in [0.05, 0.1) is 11.5 Å². The lowest BCUT2D eigenvalue weighted by molar-refractivity contribution is -0.141. The molecule has 0 spiro atoms. The lowest BCUT2D eigenvalue weighted by Gasteiger charge is -2.30. The SMILES string of the molecule is O=C(NCC(F)(F)F)[C@@H]1CCCC[C@H]1c1oc(-c2ccc(F)cc2)nc1-c1ccc(N2CCS(=O)(=O)CC2)cc1. The van der Waals surface area contributed by atoms with Crippen LogP contribution in [0.3, 0.4) is 0 Å². The largest absolute Gasteiger partial charge is 0.440 e. The summed E-state index contributed by atoms with van der Waals surface area (Å²) in [5.74, 6) is -1.53. The molecule has 5 rings (SSSR count). The summed E-state index contributed by atoms with van der Waals surface area (Å²) in [5, 5.41) is 2.03. The minimum atomic E-state index is -4.52. The summed E-state index contributed by atoms with van der Waals surface area (Å²) in [5.41, 5.74) is 2.52. The number of hydrogen-bond donors (Lipinski definition) is 1. The fraction of sp³-hybridized carbons (Fsp3) is 0.429. The predicted molar refractivity (Wildman–Crippen MR) is 142 cm³/mol. The first-order chi connectivity index (χ1) is 19.0. The quantitative estimate of drug-likeness (QED) is 0.397. The Morgan fingerprint density at radius 2 is 1.60 bits per heavy atom. The molecule has 2 aliphatic rings. The van der Waals surface area contributed by atoms with Crippen molar-refractivity contribution in [1.82, 2.24) is 10.3 Å². The lowest BCUT2D eigenvalue weighted by atomic mass is 9.76. The average molecular weight is 580 g/mol. The van der Waals surface area contributed by atoms with Crippen molar-refractivity contribution in [3.05, 3.63) is 60.1 Å². The van der Waals surface area contributed by atoms with E-state index in [2.05, 4.69) is 0 Å². The van der Waals surface area contributed by atoms with Crippen LogP contribution in [-0.2, 0) is 14.6 Å². The number of oxazole rings is 1. The Kier molecular flexibility index (Phi) is 7.89. The van der Waals surface area contributed by atoms with E-state index in [-0.39, 0.29) is 17.4 Å². The summed E-state index contributed by atoms with van der Waals surface area (Å²) in [6.45, 7) is -0.622. The third-order valence-corrected chi connectivity index (χ3v) is 9.11. The van der Waals surface area contributed by atoms with Gasteiger partial charge in [-0.3, -0.25) is 4.79 Å². The van der Waals surface area contributed by atoms with Crippen LogP contribution in [0.2, 0.25) is 0 Å². The standard InChI is InChI=1S/C28H29F4N3O4S/c29-20-9-5-19(6-10-20)27-34-24(18-7-11-21(12-8-18)35-13-15-40(37,38)16-14-35)25(39-27)22-3-1-2-4-23(22)26(36)33-17-28(30,31)32/h5-12,22-23H,1-4,13-17H2,(H,33,36)/t22-,23-/m1/s1. The van der Waals surface area contributed by atoms with Crippen LogP contribution in [0.25, 0.3) is 22.7 Å². The molecule has 40 heavy (non-hydrogen) atoms. The minimum Gasteiger partial charge on any atom is -0.440 e. The van der Waals surface area contributed by atoms with E-state index in [1.165, 1.54) is 24.3 Å². The Labute approximate surface area is 229 Å². The van der Waals surface area contributed by atoms with Gasteiger partial charge in [0.15, 0.2) is 9.84 Å². The van der Waals surface area contributed by atoms with Crippen LogP contribution in [0, 0.1) is 11.7 Å². The van der Waals surface area contributed by atoms with E-state index >= 15 is 0 Å². The van der Waals surface area contributed by atoms with Crippen LogP contribution in [-0.4, -0.2) is 56.6 Å². The molecule has 1 amide bonds. The van der Waals surface area contributed by atoms with Crippen LogP contribution < -0.4 is 10.2 Å². The highest BCUT2D eigenvalue weighted by Crippen LogP contribution is 2.44. The fourth-order valence-corrected chi connectivity index (χ4v) is 6.58. The number of hydrogen-bond acceptors (Lipinski definition) is 6. The normalized spacial score (nSPS) is 21.2. The zero-order valence-corrected chi connectivity index (χ0v) is 22.4. The molecular formula is C28H29F4N3O4S. The van der Waals surface area contributed by atoms with E-state index in [9.17, 15) is 30.8 Å². The van der Waals surface area contributed by atoms with Crippen molar-refractivity contribution in [3.63, 3.8) is 0 Å². The molecule has 0 radical (unpaired) electrons. The molecule has 12 heteroatoms. The highest BCUT2D eigenvalue weighted by atomic mass is 32.2. The number of amides is 1. The molecule has 1 saturated heterocycles. The van der Waals surface area contributed by atoms with E-state index in [4.69, 9.17) is 9.40 Å². The first-order valence-electron chi connectivity index (χ1n) is 13.2. The molecule has 0 bridgehead atoms. The second-order valence-corrected chi connectivity index (χ2v) is 12.6. The van der Waals surface area contributed by atoms with Gasteiger partial charge in [-0.05, 0) is 49.2 Å². The number of rotatable bonds is 6. The zero-order valence-electron chi connectivity index (χ0n) is 21.6.